The van der Waals surface area contributed by atoms with Gasteiger partial charge in [-0.15, -0.1) is 12.4 Å². The van der Waals surface area contributed by atoms with E-state index in [0.29, 0.717) is 0 Å². The summed E-state index contributed by atoms with van der Waals surface area (Å²) in [6.45, 7) is 5.01. The lowest BCUT2D eigenvalue weighted by molar-refractivity contribution is -0.124. The van der Waals surface area contributed by atoms with Crippen LogP contribution in [0.2, 0.25) is 0 Å². The molecule has 1 heterocycles. The maximum atomic E-state index is 11.8. The first-order chi connectivity index (χ1) is 10.8. The van der Waals surface area contributed by atoms with Crippen LogP contribution in [0.3, 0.4) is 0 Å². The molecule has 0 unspecified atom stereocenters. The number of amides is 1. The third-order valence-electron chi connectivity index (χ3n) is 4.76. The smallest absolute Gasteiger partial charge is 0.224 e. The number of halogens is 1. The van der Waals surface area contributed by atoms with E-state index < -0.39 is 0 Å². The lowest BCUT2D eigenvalue weighted by Gasteiger charge is -2.09. The summed E-state index contributed by atoms with van der Waals surface area (Å²) in [7, 11) is 0. The highest BCUT2D eigenvalue weighted by Crippen LogP contribution is 2.12. The molecule has 23 heavy (non-hydrogen) atoms. The first kappa shape index (κ1) is 22.7. The number of carbonyl (C=O) groups excluding carboxylic acids is 1. The minimum absolute atomic E-state index is 0. The Morgan fingerprint density at radius 2 is 1.43 bits per heavy atom. The summed E-state index contributed by atoms with van der Waals surface area (Å²) in [6.07, 6.45) is 17.4. The van der Waals surface area contributed by atoms with E-state index in [1.54, 1.807) is 0 Å². The minimum Gasteiger partial charge on any atom is -0.356 e. The van der Waals surface area contributed by atoms with E-state index in [1.165, 1.54) is 70.6 Å². The van der Waals surface area contributed by atoms with E-state index in [2.05, 4.69) is 17.6 Å². The Bertz CT molecular complexity index is 268. The Balaban J connectivity index is 0.00000484. The number of rotatable bonds is 14. The summed E-state index contributed by atoms with van der Waals surface area (Å²) in [5.74, 6) is 0.477. The highest BCUT2D eigenvalue weighted by molar-refractivity contribution is 5.85. The van der Waals surface area contributed by atoms with Crippen LogP contribution in [0.4, 0.5) is 0 Å². The SMILES string of the molecule is CCCCCCCCCCCCCCNC(=O)[C@@H]1CCNC1.Cl. The Labute approximate surface area is 150 Å². The lowest BCUT2D eigenvalue weighted by Crippen LogP contribution is -2.32. The van der Waals surface area contributed by atoms with E-state index in [9.17, 15) is 4.79 Å². The average molecular weight is 347 g/mol. The first-order valence-corrected chi connectivity index (χ1v) is 9.83. The van der Waals surface area contributed by atoms with Crippen molar-refractivity contribution in [3.05, 3.63) is 0 Å². The van der Waals surface area contributed by atoms with Gasteiger partial charge in [0.25, 0.3) is 0 Å². The highest BCUT2D eigenvalue weighted by Gasteiger charge is 2.21. The van der Waals surface area contributed by atoms with E-state index >= 15 is 0 Å². The van der Waals surface area contributed by atoms with Gasteiger partial charge in [0.1, 0.15) is 0 Å². The van der Waals surface area contributed by atoms with Crippen LogP contribution in [0.15, 0.2) is 0 Å². The van der Waals surface area contributed by atoms with Crippen LogP contribution in [0, 0.1) is 5.92 Å². The van der Waals surface area contributed by atoms with Gasteiger partial charge in [-0.3, -0.25) is 4.79 Å². The molecule has 1 aliphatic rings. The molecule has 0 spiro atoms. The molecule has 1 atom stereocenters. The van der Waals surface area contributed by atoms with Crippen molar-refractivity contribution in [2.24, 2.45) is 5.92 Å². The Hall–Kier alpha value is -0.280. The van der Waals surface area contributed by atoms with Crippen LogP contribution in [0.25, 0.3) is 0 Å². The molecule has 1 aliphatic heterocycles. The van der Waals surface area contributed by atoms with Crippen molar-refractivity contribution in [2.75, 3.05) is 19.6 Å². The largest absolute Gasteiger partial charge is 0.356 e. The maximum Gasteiger partial charge on any atom is 0.224 e. The molecule has 4 heteroatoms. The molecule has 1 fully saturated rings. The number of hydrogen-bond donors (Lipinski definition) is 2. The fourth-order valence-corrected chi connectivity index (χ4v) is 3.20. The fraction of sp³-hybridized carbons (Fsp3) is 0.947. The third-order valence-corrected chi connectivity index (χ3v) is 4.76. The Morgan fingerprint density at radius 3 is 1.91 bits per heavy atom. The lowest BCUT2D eigenvalue weighted by atomic mass is 10.1. The number of unbranched alkanes of at least 4 members (excludes halogenated alkanes) is 11. The van der Waals surface area contributed by atoms with Crippen LogP contribution in [0.1, 0.15) is 90.4 Å². The van der Waals surface area contributed by atoms with Gasteiger partial charge in [-0.25, -0.2) is 0 Å². The molecule has 1 rings (SSSR count). The molecular formula is C19H39ClN2O. The molecule has 0 aliphatic carbocycles. The Morgan fingerprint density at radius 1 is 0.913 bits per heavy atom. The van der Waals surface area contributed by atoms with Gasteiger partial charge in [0.2, 0.25) is 5.91 Å². The summed E-state index contributed by atoms with van der Waals surface area (Å²) < 4.78 is 0. The van der Waals surface area contributed by atoms with Crippen LogP contribution >= 0.6 is 12.4 Å². The van der Waals surface area contributed by atoms with Gasteiger partial charge < -0.3 is 10.6 Å². The van der Waals surface area contributed by atoms with Crippen molar-refractivity contribution in [1.82, 2.24) is 10.6 Å². The van der Waals surface area contributed by atoms with Crippen LogP contribution in [-0.2, 0) is 4.79 Å². The van der Waals surface area contributed by atoms with E-state index in [-0.39, 0.29) is 24.2 Å². The zero-order valence-electron chi connectivity index (χ0n) is 15.2. The maximum absolute atomic E-state index is 11.8. The fourth-order valence-electron chi connectivity index (χ4n) is 3.20. The highest BCUT2D eigenvalue weighted by atomic mass is 35.5. The minimum atomic E-state index is 0. The van der Waals surface area contributed by atoms with Crippen LogP contribution in [-0.4, -0.2) is 25.5 Å². The van der Waals surface area contributed by atoms with Crippen LogP contribution < -0.4 is 10.6 Å². The first-order valence-electron chi connectivity index (χ1n) is 9.83. The summed E-state index contributed by atoms with van der Waals surface area (Å²) in [4.78, 5) is 11.8. The predicted octanol–water partition coefficient (Wildman–Crippen LogP) is 4.84. The second-order valence-electron chi connectivity index (χ2n) is 6.87. The molecule has 0 radical (unpaired) electrons. The molecule has 3 nitrogen and oxygen atoms in total. The molecule has 138 valence electrons. The van der Waals surface area contributed by atoms with Gasteiger partial charge in [-0.1, -0.05) is 77.6 Å². The molecule has 0 aromatic carbocycles. The molecule has 1 saturated heterocycles. The summed E-state index contributed by atoms with van der Waals surface area (Å²) in [5, 5.41) is 6.32. The molecule has 2 N–H and O–H groups in total. The summed E-state index contributed by atoms with van der Waals surface area (Å²) in [5.41, 5.74) is 0. The quantitative estimate of drug-likeness (QED) is 0.442. The van der Waals surface area contributed by atoms with E-state index in [4.69, 9.17) is 0 Å². The summed E-state index contributed by atoms with van der Waals surface area (Å²) >= 11 is 0. The second kappa shape index (κ2) is 16.6. The van der Waals surface area contributed by atoms with Crippen molar-refractivity contribution in [3.8, 4) is 0 Å². The Kier molecular flexibility index (Phi) is 16.4. The monoisotopic (exact) mass is 346 g/mol. The van der Waals surface area contributed by atoms with Crippen molar-refractivity contribution < 1.29 is 4.79 Å². The normalized spacial score (nSPS) is 17.0. The van der Waals surface area contributed by atoms with Gasteiger partial charge in [-0.05, 0) is 19.4 Å². The molecule has 0 aromatic heterocycles. The van der Waals surface area contributed by atoms with E-state index in [0.717, 1.165) is 32.5 Å². The molecule has 1 amide bonds. The van der Waals surface area contributed by atoms with Gasteiger partial charge in [0.15, 0.2) is 0 Å². The van der Waals surface area contributed by atoms with Crippen molar-refractivity contribution >= 4 is 18.3 Å². The molecular weight excluding hydrogens is 308 g/mol. The average Bonchev–Trinajstić information content (AvgIpc) is 3.06. The standard InChI is InChI=1S/C19H38N2O.ClH/c1-2-3-4-5-6-7-8-9-10-11-12-13-15-21-19(22)18-14-16-20-17-18;/h18,20H,2-17H2,1H3,(H,21,22);1H/t18-;/m1./s1. The third kappa shape index (κ3) is 12.8. The van der Waals surface area contributed by atoms with Crippen molar-refractivity contribution in [1.29, 1.82) is 0 Å². The number of carbonyl (C=O) groups is 1. The van der Waals surface area contributed by atoms with Gasteiger partial charge in [0.05, 0.1) is 5.92 Å². The number of nitrogens with one attached hydrogen (secondary N) is 2. The topological polar surface area (TPSA) is 41.1 Å². The van der Waals surface area contributed by atoms with Crippen molar-refractivity contribution in [2.45, 2.75) is 90.4 Å². The molecule has 0 bridgehead atoms. The predicted molar refractivity (Wildman–Crippen MR) is 102 cm³/mol. The van der Waals surface area contributed by atoms with Gasteiger partial charge >= 0.3 is 0 Å². The van der Waals surface area contributed by atoms with Crippen molar-refractivity contribution in [3.63, 3.8) is 0 Å². The zero-order valence-corrected chi connectivity index (χ0v) is 16.0. The van der Waals surface area contributed by atoms with Gasteiger partial charge in [0, 0.05) is 13.1 Å². The molecule has 0 saturated carbocycles. The zero-order chi connectivity index (χ0) is 15.9. The summed E-state index contributed by atoms with van der Waals surface area (Å²) in [6, 6.07) is 0. The van der Waals surface area contributed by atoms with Crippen LogP contribution in [0.5, 0.6) is 0 Å². The number of hydrogen-bond acceptors (Lipinski definition) is 2. The van der Waals surface area contributed by atoms with Gasteiger partial charge in [-0.2, -0.15) is 0 Å². The molecule has 0 aromatic rings. The van der Waals surface area contributed by atoms with E-state index in [1.807, 2.05) is 0 Å². The second-order valence-corrected chi connectivity index (χ2v) is 6.87.